The quantitative estimate of drug-likeness (QED) is 0.817. The van der Waals surface area contributed by atoms with E-state index in [4.69, 9.17) is 4.98 Å². The molecule has 2 heterocycles. The minimum atomic E-state index is 0.988. The van der Waals surface area contributed by atoms with E-state index in [0.717, 1.165) is 43.9 Å². The van der Waals surface area contributed by atoms with E-state index in [0.29, 0.717) is 0 Å². The molecule has 96 valence electrons. The van der Waals surface area contributed by atoms with Crippen LogP contribution in [0.25, 0.3) is 6.08 Å². The Kier molecular flexibility index (Phi) is 3.31. The van der Waals surface area contributed by atoms with E-state index in [1.54, 1.807) is 0 Å². The highest BCUT2D eigenvalue weighted by Crippen LogP contribution is 2.29. The van der Waals surface area contributed by atoms with Crippen LogP contribution in [0.4, 0.5) is 5.82 Å². The Hall–Kier alpha value is -1.38. The molecule has 0 atom stereocenters. The summed E-state index contributed by atoms with van der Waals surface area (Å²) in [6.07, 6.45) is 11.4. The van der Waals surface area contributed by atoms with Crippen LogP contribution in [-0.2, 0) is 12.8 Å². The van der Waals surface area contributed by atoms with Crippen molar-refractivity contribution in [3.05, 3.63) is 23.2 Å². The Morgan fingerprint density at radius 3 is 2.78 bits per heavy atom. The molecule has 3 rings (SSSR count). The van der Waals surface area contributed by atoms with Crippen molar-refractivity contribution < 1.29 is 0 Å². The molecule has 1 aromatic heterocycles. The number of piperidine rings is 1. The molecule has 0 N–H and O–H groups in total. The highest BCUT2D eigenvalue weighted by atomic mass is 15.2. The summed E-state index contributed by atoms with van der Waals surface area (Å²) in [6, 6.07) is 0. The normalized spacial score (nSPS) is 18.2. The molecule has 1 aliphatic carbocycles. The van der Waals surface area contributed by atoms with E-state index in [-0.39, 0.29) is 0 Å². The van der Waals surface area contributed by atoms with Gasteiger partial charge in [-0.3, -0.25) is 0 Å². The molecular weight excluding hydrogens is 222 g/mol. The van der Waals surface area contributed by atoms with Crippen LogP contribution in [0.2, 0.25) is 0 Å². The topological polar surface area (TPSA) is 29.0 Å². The predicted molar refractivity (Wildman–Crippen MR) is 74.8 cm³/mol. The number of aromatic nitrogens is 2. The van der Waals surface area contributed by atoms with Crippen LogP contribution >= 0.6 is 0 Å². The molecule has 0 unspecified atom stereocenters. The van der Waals surface area contributed by atoms with Gasteiger partial charge in [0.2, 0.25) is 0 Å². The smallest absolute Gasteiger partial charge is 0.136 e. The summed E-state index contributed by atoms with van der Waals surface area (Å²) in [4.78, 5) is 12.0. The van der Waals surface area contributed by atoms with Crippen molar-refractivity contribution in [1.29, 1.82) is 0 Å². The van der Waals surface area contributed by atoms with Crippen LogP contribution in [0, 0.1) is 0 Å². The Labute approximate surface area is 109 Å². The predicted octanol–water partition coefficient (Wildman–Crippen LogP) is 2.99. The largest absolute Gasteiger partial charge is 0.356 e. The molecule has 0 radical (unpaired) electrons. The van der Waals surface area contributed by atoms with Crippen LogP contribution in [-0.4, -0.2) is 23.1 Å². The summed E-state index contributed by atoms with van der Waals surface area (Å²) in [5.41, 5.74) is 2.51. The average molecular weight is 243 g/mol. The first-order chi connectivity index (χ1) is 8.88. The second kappa shape index (κ2) is 5.09. The van der Waals surface area contributed by atoms with Crippen molar-refractivity contribution in [2.75, 3.05) is 18.0 Å². The van der Waals surface area contributed by atoms with E-state index in [1.165, 1.54) is 30.6 Å². The maximum Gasteiger partial charge on any atom is 0.136 e. The summed E-state index contributed by atoms with van der Waals surface area (Å²) in [5, 5.41) is 0. The third kappa shape index (κ3) is 2.14. The Bertz CT molecular complexity index is 459. The van der Waals surface area contributed by atoms with Crippen molar-refractivity contribution in [1.82, 2.24) is 9.97 Å². The zero-order chi connectivity index (χ0) is 12.4. The summed E-state index contributed by atoms with van der Waals surface area (Å²) in [7, 11) is 0. The molecule has 1 fully saturated rings. The van der Waals surface area contributed by atoms with Crippen LogP contribution in [0.15, 0.2) is 6.08 Å². The lowest BCUT2D eigenvalue weighted by Gasteiger charge is -2.29. The number of hydrogen-bond donors (Lipinski definition) is 0. The van der Waals surface area contributed by atoms with E-state index in [2.05, 4.69) is 29.0 Å². The molecule has 0 bridgehead atoms. The van der Waals surface area contributed by atoms with Crippen LogP contribution in [0.5, 0.6) is 0 Å². The molecule has 1 aromatic rings. The minimum absolute atomic E-state index is 0.988. The molecule has 18 heavy (non-hydrogen) atoms. The summed E-state index contributed by atoms with van der Waals surface area (Å²) < 4.78 is 0. The molecule has 0 aromatic carbocycles. The van der Waals surface area contributed by atoms with Crippen LogP contribution in [0.3, 0.4) is 0 Å². The first kappa shape index (κ1) is 11.7. The number of allylic oxidation sites excluding steroid dienone is 1. The van der Waals surface area contributed by atoms with Gasteiger partial charge >= 0.3 is 0 Å². The Balaban J connectivity index is 1.96. The van der Waals surface area contributed by atoms with E-state index in [1.807, 2.05) is 0 Å². The van der Waals surface area contributed by atoms with Crippen molar-refractivity contribution in [2.24, 2.45) is 0 Å². The highest BCUT2D eigenvalue weighted by Gasteiger charge is 2.21. The van der Waals surface area contributed by atoms with Crippen molar-refractivity contribution >= 4 is 11.9 Å². The number of aryl methyl sites for hydroxylation is 1. The highest BCUT2D eigenvalue weighted by molar-refractivity contribution is 5.64. The zero-order valence-corrected chi connectivity index (χ0v) is 11.2. The van der Waals surface area contributed by atoms with Gasteiger partial charge in [0, 0.05) is 25.1 Å². The van der Waals surface area contributed by atoms with Gasteiger partial charge in [-0.15, -0.1) is 0 Å². The van der Waals surface area contributed by atoms with E-state index < -0.39 is 0 Å². The zero-order valence-electron chi connectivity index (χ0n) is 11.2. The van der Waals surface area contributed by atoms with Gasteiger partial charge in [-0.1, -0.05) is 13.0 Å². The lowest BCUT2D eigenvalue weighted by Crippen LogP contribution is -2.31. The molecule has 3 heteroatoms. The van der Waals surface area contributed by atoms with Crippen LogP contribution in [0.1, 0.15) is 49.7 Å². The molecule has 1 aliphatic heterocycles. The maximum atomic E-state index is 4.83. The van der Waals surface area contributed by atoms with E-state index >= 15 is 0 Å². The minimum Gasteiger partial charge on any atom is -0.356 e. The van der Waals surface area contributed by atoms with Crippen LogP contribution < -0.4 is 4.90 Å². The van der Waals surface area contributed by atoms with Gasteiger partial charge in [0.1, 0.15) is 11.6 Å². The number of anilines is 1. The lowest BCUT2D eigenvalue weighted by molar-refractivity contribution is 0.570. The second-order valence-corrected chi connectivity index (χ2v) is 5.23. The average Bonchev–Trinajstić information content (AvgIpc) is 2.87. The summed E-state index contributed by atoms with van der Waals surface area (Å²) in [5.74, 6) is 2.23. The monoisotopic (exact) mass is 243 g/mol. The van der Waals surface area contributed by atoms with Crippen molar-refractivity contribution in [3.8, 4) is 0 Å². The third-order valence-electron chi connectivity index (χ3n) is 3.79. The first-order valence-electron chi connectivity index (χ1n) is 7.19. The van der Waals surface area contributed by atoms with Gasteiger partial charge in [-0.25, -0.2) is 9.97 Å². The number of rotatable bonds is 3. The van der Waals surface area contributed by atoms with Crippen molar-refractivity contribution in [3.63, 3.8) is 0 Å². The molecule has 3 nitrogen and oxygen atoms in total. The fourth-order valence-electron chi connectivity index (χ4n) is 2.86. The molecule has 1 saturated heterocycles. The van der Waals surface area contributed by atoms with Gasteiger partial charge < -0.3 is 4.90 Å². The lowest BCUT2D eigenvalue weighted by atomic mass is 10.1. The van der Waals surface area contributed by atoms with Gasteiger partial charge in [0.05, 0.1) is 5.69 Å². The molecular formula is C15H21N3. The maximum absolute atomic E-state index is 4.83. The fraction of sp³-hybridized carbons (Fsp3) is 0.600. The Morgan fingerprint density at radius 1 is 1.17 bits per heavy atom. The van der Waals surface area contributed by atoms with E-state index in [9.17, 15) is 0 Å². The number of nitrogens with zero attached hydrogens (tertiary/aromatic N) is 3. The van der Waals surface area contributed by atoms with Gasteiger partial charge in [0.25, 0.3) is 0 Å². The number of hydrogen-bond acceptors (Lipinski definition) is 3. The molecule has 0 saturated carbocycles. The van der Waals surface area contributed by atoms with Crippen molar-refractivity contribution in [2.45, 2.75) is 45.4 Å². The summed E-state index contributed by atoms with van der Waals surface area (Å²) >= 11 is 0. The number of fused-ring (bicyclic) bond motifs is 1. The SMILES string of the molecule is CCCc1nc2c(c(N3CCCCC3)n1)CC=C2. The second-order valence-electron chi connectivity index (χ2n) is 5.23. The van der Waals surface area contributed by atoms with Gasteiger partial charge in [-0.05, 0) is 38.2 Å². The fourth-order valence-corrected chi connectivity index (χ4v) is 2.86. The molecule has 0 amide bonds. The standard InChI is InChI=1S/C15H21N3/c1-2-7-14-16-13-9-6-8-12(13)15(17-14)18-10-4-3-5-11-18/h6,9H,2-5,7-8,10-11H2,1H3. The third-order valence-corrected chi connectivity index (χ3v) is 3.79. The first-order valence-corrected chi connectivity index (χ1v) is 7.19. The molecule has 0 spiro atoms. The Morgan fingerprint density at radius 2 is 2.00 bits per heavy atom. The summed E-state index contributed by atoms with van der Waals surface area (Å²) in [6.45, 7) is 4.51. The van der Waals surface area contributed by atoms with Gasteiger partial charge in [0.15, 0.2) is 0 Å². The molecule has 2 aliphatic rings. The van der Waals surface area contributed by atoms with Gasteiger partial charge in [-0.2, -0.15) is 0 Å².